The lowest BCUT2D eigenvalue weighted by Crippen LogP contribution is -2.56. The number of imide groups is 1. The van der Waals surface area contributed by atoms with Gasteiger partial charge in [0.25, 0.3) is 0 Å². The average Bonchev–Trinajstić information content (AvgIpc) is 3.07. The number of halogens is 1. The first-order chi connectivity index (χ1) is 13.6. The summed E-state index contributed by atoms with van der Waals surface area (Å²) >= 11 is 6.54. The van der Waals surface area contributed by atoms with E-state index in [1.807, 2.05) is 60.7 Å². The number of aromatic nitrogens is 1. The topological polar surface area (TPSA) is 86.7 Å². The van der Waals surface area contributed by atoms with E-state index in [2.05, 4.69) is 20.7 Å². The summed E-state index contributed by atoms with van der Waals surface area (Å²) in [5.41, 5.74) is 2.21. The molecule has 5 rings (SSSR count). The number of hydrogen-bond donors (Lipinski definition) is 2. The van der Waals surface area contributed by atoms with Crippen molar-refractivity contribution < 1.29 is 9.59 Å². The molecule has 2 N–H and O–H groups in total. The Morgan fingerprint density at radius 3 is 2.54 bits per heavy atom. The van der Waals surface area contributed by atoms with E-state index in [9.17, 15) is 9.59 Å². The Balaban J connectivity index is 1.70. The maximum absolute atomic E-state index is 12.7. The molecule has 0 bridgehead atoms. The number of carbonyl (C=O) groups excluding carboxylic acids is 2. The molecule has 3 aromatic rings. The van der Waals surface area contributed by atoms with E-state index in [1.54, 1.807) is 5.01 Å². The predicted octanol–water partition coefficient (Wildman–Crippen LogP) is 3.22. The number of anilines is 1. The number of nitrogens with one attached hydrogen (secondary N) is 2. The van der Waals surface area contributed by atoms with Gasteiger partial charge in [-0.05, 0) is 24.3 Å². The molecule has 2 aliphatic heterocycles. The molecule has 3 amide bonds. The summed E-state index contributed by atoms with van der Waals surface area (Å²) in [5, 5.41) is 12.4. The van der Waals surface area contributed by atoms with Gasteiger partial charge in [0, 0.05) is 10.9 Å². The minimum absolute atomic E-state index is 0.297. The van der Waals surface area contributed by atoms with Crippen LogP contribution in [0.2, 0.25) is 5.15 Å². The second-order valence-corrected chi connectivity index (χ2v) is 6.95. The number of hydrogen-bond acceptors (Lipinski definition) is 5. The first kappa shape index (κ1) is 16.7. The molecule has 7 nitrogen and oxygen atoms in total. The summed E-state index contributed by atoms with van der Waals surface area (Å²) in [6.07, 6.45) is 0. The van der Waals surface area contributed by atoms with Gasteiger partial charge in [-0.1, -0.05) is 48.0 Å². The zero-order valence-electron chi connectivity index (χ0n) is 14.5. The third-order valence-corrected chi connectivity index (χ3v) is 5.20. The molecule has 2 unspecified atom stereocenters. The monoisotopic (exact) mass is 391 g/mol. The van der Waals surface area contributed by atoms with Crippen molar-refractivity contribution in [3.05, 3.63) is 71.4 Å². The highest BCUT2D eigenvalue weighted by Crippen LogP contribution is 2.42. The second-order valence-electron chi connectivity index (χ2n) is 6.59. The Morgan fingerprint density at radius 1 is 0.964 bits per heavy atom. The Morgan fingerprint density at radius 2 is 1.71 bits per heavy atom. The number of carbonyl (C=O) groups is 2. The van der Waals surface area contributed by atoms with Gasteiger partial charge >= 0.3 is 6.03 Å². The average molecular weight is 392 g/mol. The van der Waals surface area contributed by atoms with Crippen LogP contribution in [0.3, 0.4) is 0 Å². The molecule has 2 aliphatic rings. The van der Waals surface area contributed by atoms with Crippen LogP contribution in [0, 0.1) is 5.92 Å². The quantitative estimate of drug-likeness (QED) is 0.657. The first-order valence-electron chi connectivity index (χ1n) is 8.71. The summed E-state index contributed by atoms with van der Waals surface area (Å²) in [5.74, 6) is -0.833. The smallest absolute Gasteiger partial charge is 0.293 e. The van der Waals surface area contributed by atoms with Crippen LogP contribution in [-0.4, -0.2) is 22.8 Å². The van der Waals surface area contributed by atoms with Crippen LogP contribution in [0.15, 0.2) is 65.8 Å². The second kappa shape index (κ2) is 6.31. The Bertz CT molecular complexity index is 1150. The van der Waals surface area contributed by atoms with E-state index in [1.165, 1.54) is 0 Å². The number of rotatable bonds is 2. The molecule has 3 heterocycles. The lowest BCUT2D eigenvalue weighted by atomic mass is 9.90. The molecular weight excluding hydrogens is 378 g/mol. The van der Waals surface area contributed by atoms with Crippen molar-refractivity contribution in [2.75, 3.05) is 5.01 Å². The first-order valence-corrected chi connectivity index (χ1v) is 9.09. The van der Waals surface area contributed by atoms with Crippen molar-refractivity contribution in [3.63, 3.8) is 0 Å². The highest BCUT2D eigenvalue weighted by atomic mass is 35.5. The molecule has 0 saturated carbocycles. The minimum Gasteiger partial charge on any atom is -0.293 e. The molecule has 1 aromatic heterocycles. The van der Waals surface area contributed by atoms with E-state index in [0.29, 0.717) is 16.6 Å². The van der Waals surface area contributed by atoms with Crippen LogP contribution >= 0.6 is 11.6 Å². The van der Waals surface area contributed by atoms with Gasteiger partial charge in [0.1, 0.15) is 16.9 Å². The number of benzene rings is 2. The molecule has 0 aliphatic carbocycles. The van der Waals surface area contributed by atoms with Crippen LogP contribution in [0.4, 0.5) is 10.5 Å². The van der Waals surface area contributed by atoms with E-state index in [0.717, 1.165) is 16.6 Å². The lowest BCUT2D eigenvalue weighted by Gasteiger charge is -2.29. The number of hydrazone groups is 1. The predicted molar refractivity (Wildman–Crippen MR) is 106 cm³/mol. The summed E-state index contributed by atoms with van der Waals surface area (Å²) < 4.78 is 0. The highest BCUT2D eigenvalue weighted by Gasteiger charge is 2.48. The Labute approximate surface area is 165 Å². The maximum Gasteiger partial charge on any atom is 0.326 e. The molecule has 2 atom stereocenters. The molecule has 0 radical (unpaired) electrons. The number of nitrogens with zero attached hydrogens (tertiary/aromatic N) is 3. The number of para-hydroxylation sites is 2. The van der Waals surface area contributed by atoms with Gasteiger partial charge in [-0.3, -0.25) is 20.4 Å². The van der Waals surface area contributed by atoms with Crippen molar-refractivity contribution in [1.29, 1.82) is 0 Å². The largest absolute Gasteiger partial charge is 0.326 e. The summed E-state index contributed by atoms with van der Waals surface area (Å²) in [6, 6.07) is 17.9. The van der Waals surface area contributed by atoms with Crippen LogP contribution in [0.25, 0.3) is 10.9 Å². The third-order valence-electron chi connectivity index (χ3n) is 4.89. The zero-order valence-corrected chi connectivity index (χ0v) is 15.2. The van der Waals surface area contributed by atoms with Gasteiger partial charge in [-0.2, -0.15) is 5.10 Å². The van der Waals surface area contributed by atoms with Gasteiger partial charge in [0.05, 0.1) is 17.2 Å². The van der Waals surface area contributed by atoms with Crippen molar-refractivity contribution >= 4 is 46.0 Å². The molecule has 8 heteroatoms. The molecule has 1 fully saturated rings. The van der Waals surface area contributed by atoms with Crippen LogP contribution < -0.4 is 15.6 Å². The summed E-state index contributed by atoms with van der Waals surface area (Å²) in [4.78, 5) is 28.9. The molecule has 138 valence electrons. The normalized spacial score (nSPS) is 21.2. The molecule has 28 heavy (non-hydrogen) atoms. The fraction of sp³-hybridized carbons (Fsp3) is 0.100. The fourth-order valence-corrected chi connectivity index (χ4v) is 3.92. The molecule has 2 aromatic carbocycles. The van der Waals surface area contributed by atoms with Crippen molar-refractivity contribution in [3.8, 4) is 0 Å². The van der Waals surface area contributed by atoms with E-state index in [-0.39, 0.29) is 0 Å². The molecule has 1 saturated heterocycles. The van der Waals surface area contributed by atoms with Gasteiger partial charge in [-0.15, -0.1) is 0 Å². The maximum atomic E-state index is 12.7. The number of fused-ring (bicyclic) bond motifs is 2. The van der Waals surface area contributed by atoms with Crippen LogP contribution in [0.1, 0.15) is 11.6 Å². The Kier molecular flexibility index (Phi) is 3.77. The SMILES string of the molecule is O=C1NC(=O)C2C(=NN(c3ccccc3)C2c2cc3ccccc3nc2Cl)N1. The van der Waals surface area contributed by atoms with Gasteiger partial charge in [0.2, 0.25) is 5.91 Å². The van der Waals surface area contributed by atoms with Gasteiger partial charge in [-0.25, -0.2) is 9.78 Å². The standard InChI is InChI=1S/C20H14ClN5O2/c21-17-13(10-11-6-4-5-9-14(11)22-17)16-15-18(23-20(28)24-19(15)27)25-26(16)12-7-2-1-3-8-12/h1-10,15-16H,(H2,23,24,25,27,28). The summed E-state index contributed by atoms with van der Waals surface area (Å²) in [7, 11) is 0. The van der Waals surface area contributed by atoms with Crippen molar-refractivity contribution in [2.24, 2.45) is 11.0 Å². The number of urea groups is 1. The van der Waals surface area contributed by atoms with E-state index < -0.39 is 23.9 Å². The number of amides is 3. The lowest BCUT2D eigenvalue weighted by molar-refractivity contribution is -0.122. The minimum atomic E-state index is -0.710. The van der Waals surface area contributed by atoms with Crippen LogP contribution in [0.5, 0.6) is 0 Å². The molecule has 0 spiro atoms. The zero-order chi connectivity index (χ0) is 19.3. The van der Waals surface area contributed by atoms with Gasteiger partial charge < -0.3 is 0 Å². The fourth-order valence-electron chi connectivity index (χ4n) is 3.67. The third kappa shape index (κ3) is 2.59. The van der Waals surface area contributed by atoms with Crippen LogP contribution in [-0.2, 0) is 4.79 Å². The summed E-state index contributed by atoms with van der Waals surface area (Å²) in [6.45, 7) is 0. The highest BCUT2D eigenvalue weighted by molar-refractivity contribution is 6.31. The van der Waals surface area contributed by atoms with Gasteiger partial charge in [0.15, 0.2) is 0 Å². The van der Waals surface area contributed by atoms with Crippen molar-refractivity contribution in [1.82, 2.24) is 15.6 Å². The molecular formula is C20H14ClN5O2. The number of amidine groups is 1. The Hall–Kier alpha value is -3.45. The van der Waals surface area contributed by atoms with Crippen molar-refractivity contribution in [2.45, 2.75) is 6.04 Å². The number of pyridine rings is 1. The van der Waals surface area contributed by atoms with E-state index in [4.69, 9.17) is 11.6 Å². The van der Waals surface area contributed by atoms with E-state index >= 15 is 0 Å².